The SMILES string of the molecule is CCc1cc(N(C)C(=O)OC(C)(C)C)n2ncc(C(N)=O)c2n1. The lowest BCUT2D eigenvalue weighted by Crippen LogP contribution is -2.35. The molecule has 2 heterocycles. The quantitative estimate of drug-likeness (QED) is 0.928. The number of hydrogen-bond acceptors (Lipinski definition) is 5. The number of amides is 2. The monoisotopic (exact) mass is 319 g/mol. The first-order valence-corrected chi connectivity index (χ1v) is 7.28. The summed E-state index contributed by atoms with van der Waals surface area (Å²) in [4.78, 5) is 29.5. The number of aromatic nitrogens is 3. The van der Waals surface area contributed by atoms with Crippen molar-refractivity contribution in [2.24, 2.45) is 5.73 Å². The second kappa shape index (κ2) is 5.86. The van der Waals surface area contributed by atoms with Crippen molar-refractivity contribution < 1.29 is 14.3 Å². The molecule has 0 aliphatic heterocycles. The molecule has 2 N–H and O–H groups in total. The van der Waals surface area contributed by atoms with Crippen molar-refractivity contribution in [2.45, 2.75) is 39.7 Å². The van der Waals surface area contributed by atoms with Crippen LogP contribution in [0, 0.1) is 0 Å². The largest absolute Gasteiger partial charge is 0.443 e. The molecule has 124 valence electrons. The summed E-state index contributed by atoms with van der Waals surface area (Å²) in [5.74, 6) is -0.166. The second-order valence-corrected chi connectivity index (χ2v) is 6.16. The van der Waals surface area contributed by atoms with Gasteiger partial charge in [-0.2, -0.15) is 9.61 Å². The average molecular weight is 319 g/mol. The van der Waals surface area contributed by atoms with Crippen molar-refractivity contribution in [3.05, 3.63) is 23.5 Å². The molecule has 0 aliphatic rings. The molecule has 0 bridgehead atoms. The summed E-state index contributed by atoms with van der Waals surface area (Å²) in [6, 6.07) is 1.73. The molecule has 2 amide bonds. The molecular weight excluding hydrogens is 298 g/mol. The normalized spacial score (nSPS) is 11.5. The van der Waals surface area contributed by atoms with Crippen molar-refractivity contribution in [1.29, 1.82) is 0 Å². The molecule has 0 aromatic carbocycles. The van der Waals surface area contributed by atoms with E-state index in [2.05, 4.69) is 10.1 Å². The Morgan fingerprint density at radius 1 is 1.39 bits per heavy atom. The average Bonchev–Trinajstić information content (AvgIpc) is 2.87. The lowest BCUT2D eigenvalue weighted by Gasteiger charge is -2.25. The van der Waals surface area contributed by atoms with Gasteiger partial charge in [-0.3, -0.25) is 9.69 Å². The molecule has 23 heavy (non-hydrogen) atoms. The number of rotatable bonds is 3. The lowest BCUT2D eigenvalue weighted by molar-refractivity contribution is 0.0587. The van der Waals surface area contributed by atoms with Crippen molar-refractivity contribution in [2.75, 3.05) is 11.9 Å². The van der Waals surface area contributed by atoms with Crippen LogP contribution in [-0.2, 0) is 11.2 Å². The lowest BCUT2D eigenvalue weighted by atomic mass is 10.2. The van der Waals surface area contributed by atoms with Gasteiger partial charge in [0, 0.05) is 18.8 Å². The highest BCUT2D eigenvalue weighted by molar-refractivity contribution is 5.99. The van der Waals surface area contributed by atoms with E-state index in [9.17, 15) is 9.59 Å². The van der Waals surface area contributed by atoms with Crippen molar-refractivity contribution in [3.63, 3.8) is 0 Å². The van der Waals surface area contributed by atoms with Gasteiger partial charge in [0.15, 0.2) is 5.65 Å². The molecular formula is C15H21N5O3. The number of hydrogen-bond donors (Lipinski definition) is 1. The predicted molar refractivity (Wildman–Crippen MR) is 85.5 cm³/mol. The van der Waals surface area contributed by atoms with E-state index in [4.69, 9.17) is 10.5 Å². The molecule has 8 heteroatoms. The Kier molecular flexibility index (Phi) is 4.26. The van der Waals surface area contributed by atoms with Crippen LogP contribution in [-0.4, -0.2) is 39.2 Å². The Hall–Kier alpha value is -2.64. The molecule has 0 fully saturated rings. The fourth-order valence-corrected chi connectivity index (χ4v) is 2.01. The van der Waals surface area contributed by atoms with E-state index in [-0.39, 0.29) is 5.56 Å². The molecule has 8 nitrogen and oxygen atoms in total. The highest BCUT2D eigenvalue weighted by Crippen LogP contribution is 2.21. The Morgan fingerprint density at radius 2 is 2.04 bits per heavy atom. The van der Waals surface area contributed by atoms with Gasteiger partial charge in [-0.25, -0.2) is 9.78 Å². The molecule has 2 rings (SSSR count). The zero-order chi connectivity index (χ0) is 17.4. The van der Waals surface area contributed by atoms with Gasteiger partial charge in [0.05, 0.1) is 6.20 Å². The molecule has 2 aromatic heterocycles. The highest BCUT2D eigenvalue weighted by atomic mass is 16.6. The van der Waals surface area contributed by atoms with Crippen LogP contribution in [0.5, 0.6) is 0 Å². The van der Waals surface area contributed by atoms with Crippen molar-refractivity contribution >= 4 is 23.5 Å². The third-order valence-corrected chi connectivity index (χ3v) is 3.14. The zero-order valence-corrected chi connectivity index (χ0v) is 14.0. The fraction of sp³-hybridized carbons (Fsp3) is 0.467. The summed E-state index contributed by atoms with van der Waals surface area (Å²) < 4.78 is 6.77. The van der Waals surface area contributed by atoms with Gasteiger partial charge in [-0.15, -0.1) is 0 Å². The predicted octanol–water partition coefficient (Wildman–Crippen LogP) is 1.76. The van der Waals surface area contributed by atoms with E-state index < -0.39 is 17.6 Å². The van der Waals surface area contributed by atoms with Gasteiger partial charge in [-0.1, -0.05) is 6.92 Å². The Balaban J connectivity index is 2.55. The number of fused-ring (bicyclic) bond motifs is 1. The number of nitrogens with two attached hydrogens (primary N) is 1. The number of primary amides is 1. The molecule has 0 spiro atoms. The number of nitrogens with zero attached hydrogens (tertiary/aromatic N) is 4. The van der Waals surface area contributed by atoms with Crippen LogP contribution >= 0.6 is 0 Å². The summed E-state index contributed by atoms with van der Waals surface area (Å²) in [7, 11) is 1.58. The van der Waals surface area contributed by atoms with E-state index in [1.54, 1.807) is 33.9 Å². The first kappa shape index (κ1) is 16.7. The molecule has 0 atom stereocenters. The van der Waals surface area contributed by atoms with E-state index in [0.29, 0.717) is 23.6 Å². The van der Waals surface area contributed by atoms with E-state index in [1.165, 1.54) is 15.6 Å². The first-order valence-electron chi connectivity index (χ1n) is 7.28. The third kappa shape index (κ3) is 3.41. The number of carbonyl (C=O) groups excluding carboxylic acids is 2. The second-order valence-electron chi connectivity index (χ2n) is 6.16. The summed E-state index contributed by atoms with van der Waals surface area (Å²) in [5.41, 5.74) is 5.97. The summed E-state index contributed by atoms with van der Waals surface area (Å²) in [6.07, 6.45) is 1.45. The van der Waals surface area contributed by atoms with Crippen LogP contribution in [0.1, 0.15) is 43.7 Å². The van der Waals surface area contributed by atoms with Crippen LogP contribution in [0.3, 0.4) is 0 Å². The number of aryl methyl sites for hydroxylation is 1. The fourth-order valence-electron chi connectivity index (χ4n) is 2.01. The van der Waals surface area contributed by atoms with Gasteiger partial charge < -0.3 is 10.5 Å². The van der Waals surface area contributed by atoms with Crippen molar-refractivity contribution in [1.82, 2.24) is 14.6 Å². The minimum absolute atomic E-state index is 0.208. The van der Waals surface area contributed by atoms with Crippen LogP contribution in [0.2, 0.25) is 0 Å². The van der Waals surface area contributed by atoms with Gasteiger partial charge in [0.25, 0.3) is 5.91 Å². The summed E-state index contributed by atoms with van der Waals surface area (Å²) in [5, 5.41) is 4.12. The van der Waals surface area contributed by atoms with E-state index in [1.807, 2.05) is 6.92 Å². The first-order chi connectivity index (χ1) is 10.6. The van der Waals surface area contributed by atoms with Crippen molar-refractivity contribution in [3.8, 4) is 0 Å². The maximum absolute atomic E-state index is 12.3. The zero-order valence-electron chi connectivity index (χ0n) is 14.0. The Bertz CT molecular complexity index is 760. The standard InChI is InChI=1S/C15H21N5O3/c1-6-9-7-11(19(5)14(22)23-15(2,3)4)20-13(18-9)10(8-17-20)12(16)21/h7-8H,6H2,1-5H3,(H2,16,21). The molecule has 2 aromatic rings. The molecule has 0 unspecified atom stereocenters. The Labute approximate surface area is 134 Å². The Morgan fingerprint density at radius 3 is 2.57 bits per heavy atom. The van der Waals surface area contributed by atoms with E-state index in [0.717, 1.165) is 0 Å². The van der Waals surface area contributed by atoms with Gasteiger partial charge in [-0.05, 0) is 27.2 Å². The van der Waals surface area contributed by atoms with Gasteiger partial charge in [0.2, 0.25) is 0 Å². The smallest absolute Gasteiger partial charge is 0.415 e. The third-order valence-electron chi connectivity index (χ3n) is 3.14. The minimum atomic E-state index is -0.619. The topological polar surface area (TPSA) is 103 Å². The minimum Gasteiger partial charge on any atom is -0.443 e. The molecule has 0 saturated carbocycles. The maximum atomic E-state index is 12.3. The van der Waals surface area contributed by atoms with Crippen LogP contribution in [0.4, 0.5) is 10.6 Å². The number of ether oxygens (including phenoxy) is 1. The van der Waals surface area contributed by atoms with Crippen LogP contribution < -0.4 is 10.6 Å². The molecule has 0 aliphatic carbocycles. The summed E-state index contributed by atoms with van der Waals surface area (Å²) >= 11 is 0. The highest BCUT2D eigenvalue weighted by Gasteiger charge is 2.24. The molecule has 0 saturated heterocycles. The van der Waals surface area contributed by atoms with Crippen LogP contribution in [0.15, 0.2) is 12.3 Å². The van der Waals surface area contributed by atoms with Gasteiger partial charge >= 0.3 is 6.09 Å². The van der Waals surface area contributed by atoms with Gasteiger partial charge in [0.1, 0.15) is 17.0 Å². The number of carbonyl (C=O) groups is 2. The van der Waals surface area contributed by atoms with E-state index >= 15 is 0 Å². The molecule has 0 radical (unpaired) electrons. The van der Waals surface area contributed by atoms with Crippen LogP contribution in [0.25, 0.3) is 5.65 Å². The summed E-state index contributed by atoms with van der Waals surface area (Å²) in [6.45, 7) is 7.29. The maximum Gasteiger partial charge on any atom is 0.415 e. The number of anilines is 1.